The van der Waals surface area contributed by atoms with Crippen molar-refractivity contribution in [3.8, 4) is 5.75 Å². The van der Waals surface area contributed by atoms with Gasteiger partial charge < -0.3 is 10.5 Å². The number of carbonyl (C=O) groups excluding carboxylic acids is 2. The molecule has 1 aromatic rings. The number of hydrogen-bond donors (Lipinski definition) is 1. The Bertz CT molecular complexity index is 522. The molecule has 5 nitrogen and oxygen atoms in total. The molecule has 1 aromatic carbocycles. The highest BCUT2D eigenvalue weighted by atomic mass is 16.5. The van der Waals surface area contributed by atoms with Gasteiger partial charge in [-0.3, -0.25) is 9.59 Å². The fraction of sp³-hybridized carbons (Fsp3) is 0.467. The molecule has 5 heteroatoms. The van der Waals surface area contributed by atoms with Gasteiger partial charge in [0.15, 0.2) is 0 Å². The first-order chi connectivity index (χ1) is 9.70. The van der Waals surface area contributed by atoms with Crippen molar-refractivity contribution in [1.82, 2.24) is 0 Å². The zero-order chi connectivity index (χ0) is 14.1. The maximum Gasteiger partial charge on any atom is 0.236 e. The second kappa shape index (κ2) is 5.25. The summed E-state index contributed by atoms with van der Waals surface area (Å²) in [4.78, 5) is 26.1. The molecule has 20 heavy (non-hydrogen) atoms. The summed E-state index contributed by atoms with van der Waals surface area (Å²) in [5, 5.41) is 0. The summed E-state index contributed by atoms with van der Waals surface area (Å²) in [5.41, 5.74) is 6.01. The van der Waals surface area contributed by atoms with Gasteiger partial charge in [-0.15, -0.1) is 0 Å². The van der Waals surface area contributed by atoms with E-state index in [1.165, 1.54) is 4.90 Å². The third-order valence-electron chi connectivity index (χ3n) is 4.03. The molecule has 2 unspecified atom stereocenters. The zero-order valence-electron chi connectivity index (χ0n) is 11.2. The van der Waals surface area contributed by atoms with Crippen LogP contribution >= 0.6 is 0 Å². The summed E-state index contributed by atoms with van der Waals surface area (Å²) in [7, 11) is 0. The second-order valence-corrected chi connectivity index (χ2v) is 5.35. The average Bonchev–Trinajstić information content (AvgIpc) is 2.91. The Morgan fingerprint density at radius 1 is 1.20 bits per heavy atom. The Kier molecular flexibility index (Phi) is 3.44. The van der Waals surface area contributed by atoms with E-state index in [2.05, 4.69) is 0 Å². The molecule has 0 radical (unpaired) electrons. The molecule has 1 saturated heterocycles. The van der Waals surface area contributed by atoms with Crippen LogP contribution in [0.15, 0.2) is 24.3 Å². The van der Waals surface area contributed by atoms with Gasteiger partial charge in [-0.2, -0.15) is 0 Å². The standard InChI is InChI=1S/C15H18N2O3/c16-6-7-20-13-3-1-2-12(9-13)17-14(18)10-4-5-11(8-10)15(17)19/h1-3,9-11H,4-8,16H2. The van der Waals surface area contributed by atoms with Crippen molar-refractivity contribution in [2.24, 2.45) is 17.6 Å². The normalized spacial score (nSPS) is 25.1. The lowest BCUT2D eigenvalue weighted by Crippen LogP contribution is -2.46. The van der Waals surface area contributed by atoms with Crippen molar-refractivity contribution in [3.05, 3.63) is 24.3 Å². The minimum Gasteiger partial charge on any atom is -0.492 e. The van der Waals surface area contributed by atoms with Crippen LogP contribution in [0.5, 0.6) is 5.75 Å². The van der Waals surface area contributed by atoms with E-state index in [0.29, 0.717) is 24.6 Å². The molecular formula is C15H18N2O3. The molecule has 1 heterocycles. The maximum absolute atomic E-state index is 12.4. The summed E-state index contributed by atoms with van der Waals surface area (Å²) < 4.78 is 5.45. The second-order valence-electron chi connectivity index (χ2n) is 5.35. The Morgan fingerprint density at radius 2 is 1.90 bits per heavy atom. The van der Waals surface area contributed by atoms with Crippen molar-refractivity contribution in [2.75, 3.05) is 18.1 Å². The summed E-state index contributed by atoms with van der Waals surface area (Å²) >= 11 is 0. The van der Waals surface area contributed by atoms with Crippen molar-refractivity contribution in [1.29, 1.82) is 0 Å². The highest BCUT2D eigenvalue weighted by Gasteiger charge is 2.45. The summed E-state index contributed by atoms with van der Waals surface area (Å²) in [6.07, 6.45) is 2.38. The number of benzene rings is 1. The quantitative estimate of drug-likeness (QED) is 0.840. The van der Waals surface area contributed by atoms with Crippen LogP contribution in [-0.2, 0) is 9.59 Å². The molecule has 1 aliphatic heterocycles. The SMILES string of the molecule is NCCOc1cccc(N2C(=O)C3CCC(C3)C2=O)c1. The predicted octanol–water partition coefficient (Wildman–Crippen LogP) is 1.31. The van der Waals surface area contributed by atoms with Crippen molar-refractivity contribution in [3.63, 3.8) is 0 Å². The van der Waals surface area contributed by atoms with E-state index in [1.807, 2.05) is 0 Å². The number of fused-ring (bicyclic) bond motifs is 2. The average molecular weight is 274 g/mol. The molecule has 0 aromatic heterocycles. The smallest absolute Gasteiger partial charge is 0.236 e. The Labute approximate surface area is 117 Å². The van der Waals surface area contributed by atoms with Gasteiger partial charge in [-0.1, -0.05) is 6.07 Å². The first kappa shape index (κ1) is 13.1. The zero-order valence-corrected chi connectivity index (χ0v) is 11.2. The fourth-order valence-electron chi connectivity index (χ4n) is 3.05. The third kappa shape index (κ3) is 2.18. The summed E-state index contributed by atoms with van der Waals surface area (Å²) in [6.45, 7) is 0.840. The van der Waals surface area contributed by atoms with E-state index < -0.39 is 0 Å². The monoisotopic (exact) mass is 274 g/mol. The summed E-state index contributed by atoms with van der Waals surface area (Å²) in [6, 6.07) is 7.09. The molecule has 2 bridgehead atoms. The molecule has 2 amide bonds. The lowest BCUT2D eigenvalue weighted by molar-refractivity contribution is -0.132. The van der Waals surface area contributed by atoms with Gasteiger partial charge in [0, 0.05) is 24.4 Å². The van der Waals surface area contributed by atoms with Gasteiger partial charge >= 0.3 is 0 Å². The van der Waals surface area contributed by atoms with Gasteiger partial charge in [0.1, 0.15) is 12.4 Å². The molecule has 2 aliphatic rings. The van der Waals surface area contributed by atoms with Gasteiger partial charge in [0.25, 0.3) is 0 Å². The van der Waals surface area contributed by atoms with Crippen LogP contribution in [-0.4, -0.2) is 25.0 Å². The number of anilines is 1. The molecule has 0 spiro atoms. The number of nitrogens with two attached hydrogens (primary N) is 1. The third-order valence-corrected chi connectivity index (χ3v) is 4.03. The van der Waals surface area contributed by atoms with E-state index in [1.54, 1.807) is 24.3 Å². The minimum atomic E-state index is -0.0697. The van der Waals surface area contributed by atoms with E-state index in [4.69, 9.17) is 10.5 Å². The van der Waals surface area contributed by atoms with Crippen LogP contribution in [0.1, 0.15) is 19.3 Å². The number of nitrogens with zero attached hydrogens (tertiary/aromatic N) is 1. The summed E-state index contributed by atoms with van der Waals surface area (Å²) in [5.74, 6) is 0.503. The van der Waals surface area contributed by atoms with E-state index in [9.17, 15) is 9.59 Å². The topological polar surface area (TPSA) is 72.6 Å². The van der Waals surface area contributed by atoms with E-state index >= 15 is 0 Å². The van der Waals surface area contributed by atoms with Crippen LogP contribution in [0.3, 0.4) is 0 Å². The van der Waals surface area contributed by atoms with E-state index in [0.717, 1.165) is 19.3 Å². The largest absolute Gasteiger partial charge is 0.492 e. The predicted molar refractivity (Wildman–Crippen MR) is 74.3 cm³/mol. The Morgan fingerprint density at radius 3 is 2.55 bits per heavy atom. The lowest BCUT2D eigenvalue weighted by Gasteiger charge is -2.29. The number of rotatable bonds is 4. The highest BCUT2D eigenvalue weighted by Crippen LogP contribution is 2.40. The van der Waals surface area contributed by atoms with Crippen LogP contribution in [0.25, 0.3) is 0 Å². The molecule has 3 rings (SSSR count). The highest BCUT2D eigenvalue weighted by molar-refractivity contribution is 6.18. The molecule has 2 N–H and O–H groups in total. The molecule has 1 aliphatic carbocycles. The Hall–Kier alpha value is -1.88. The van der Waals surface area contributed by atoms with Gasteiger partial charge in [0.05, 0.1) is 5.69 Å². The number of piperidine rings is 1. The van der Waals surface area contributed by atoms with E-state index in [-0.39, 0.29) is 23.7 Å². The van der Waals surface area contributed by atoms with Crippen LogP contribution in [0.2, 0.25) is 0 Å². The van der Waals surface area contributed by atoms with Crippen LogP contribution in [0.4, 0.5) is 5.69 Å². The maximum atomic E-state index is 12.4. The van der Waals surface area contributed by atoms with Crippen LogP contribution in [0, 0.1) is 11.8 Å². The fourth-order valence-corrected chi connectivity index (χ4v) is 3.05. The van der Waals surface area contributed by atoms with Crippen LogP contribution < -0.4 is 15.4 Å². The van der Waals surface area contributed by atoms with Crippen molar-refractivity contribution in [2.45, 2.75) is 19.3 Å². The van der Waals surface area contributed by atoms with Gasteiger partial charge in [-0.05, 0) is 31.4 Å². The minimum absolute atomic E-state index is 0.00585. The number of carbonyl (C=O) groups is 2. The Balaban J connectivity index is 1.88. The number of ether oxygens (including phenoxy) is 1. The first-order valence-corrected chi connectivity index (χ1v) is 7.01. The first-order valence-electron chi connectivity index (χ1n) is 7.01. The molecule has 106 valence electrons. The molecule has 2 fully saturated rings. The molecule has 2 atom stereocenters. The lowest BCUT2D eigenvalue weighted by atomic mass is 9.96. The number of imide groups is 1. The van der Waals surface area contributed by atoms with Crippen molar-refractivity contribution < 1.29 is 14.3 Å². The van der Waals surface area contributed by atoms with Crippen molar-refractivity contribution >= 4 is 17.5 Å². The van der Waals surface area contributed by atoms with Gasteiger partial charge in [0.2, 0.25) is 11.8 Å². The molecule has 1 saturated carbocycles. The number of hydrogen-bond acceptors (Lipinski definition) is 4. The number of amides is 2. The molecular weight excluding hydrogens is 256 g/mol. The van der Waals surface area contributed by atoms with Gasteiger partial charge in [-0.25, -0.2) is 4.90 Å².